The van der Waals surface area contributed by atoms with Crippen molar-refractivity contribution in [3.63, 3.8) is 0 Å². The molecule has 0 bridgehead atoms. The van der Waals surface area contributed by atoms with E-state index in [1.807, 2.05) is 0 Å². The van der Waals surface area contributed by atoms with Gasteiger partial charge in [-0.1, -0.05) is 12.1 Å². The van der Waals surface area contributed by atoms with Crippen molar-refractivity contribution in [3.05, 3.63) is 82.0 Å². The lowest BCUT2D eigenvalue weighted by Gasteiger charge is -2.13. The smallest absolute Gasteiger partial charge is 0.259 e. The Balaban J connectivity index is 1.84. The second-order valence-corrected chi connectivity index (χ2v) is 7.28. The van der Waals surface area contributed by atoms with Crippen LogP contribution in [0.4, 0.5) is 11.5 Å². The molecule has 3 aromatic rings. The van der Waals surface area contributed by atoms with Crippen LogP contribution in [0.2, 0.25) is 0 Å². The van der Waals surface area contributed by atoms with Crippen molar-refractivity contribution in [2.24, 2.45) is 10.7 Å². The molecule has 2 aromatic carbocycles. The third kappa shape index (κ3) is 5.46. The molecule has 0 saturated carbocycles. The Morgan fingerprint density at radius 2 is 1.71 bits per heavy atom. The highest BCUT2D eigenvalue weighted by atomic mass is 79.9. The fourth-order valence-corrected chi connectivity index (χ4v) is 2.93. The van der Waals surface area contributed by atoms with E-state index >= 15 is 0 Å². The first kappa shape index (κ1) is 22.0. The number of nitrogens with zero attached hydrogens (tertiary/aromatic N) is 2. The fraction of sp³-hybridized carbons (Fsp3) is 0.0909. The molecule has 0 radical (unpaired) electrons. The van der Waals surface area contributed by atoms with E-state index in [2.05, 4.69) is 36.5 Å². The number of pyridine rings is 1. The van der Waals surface area contributed by atoms with Crippen LogP contribution < -0.4 is 21.1 Å². The van der Waals surface area contributed by atoms with E-state index in [9.17, 15) is 9.59 Å². The lowest BCUT2D eigenvalue weighted by Crippen LogP contribution is -2.19. The molecule has 3 rings (SSSR count). The Morgan fingerprint density at radius 3 is 2.32 bits per heavy atom. The molecule has 0 unspecified atom stereocenters. The third-order valence-electron chi connectivity index (χ3n) is 4.37. The summed E-state index contributed by atoms with van der Waals surface area (Å²) in [5, 5.41) is 5.48. The fourth-order valence-electron chi connectivity index (χ4n) is 2.70. The van der Waals surface area contributed by atoms with Crippen molar-refractivity contribution in [2.45, 2.75) is 0 Å². The maximum Gasteiger partial charge on any atom is 0.259 e. The predicted octanol–water partition coefficient (Wildman–Crippen LogP) is 3.69. The zero-order valence-corrected chi connectivity index (χ0v) is 18.4. The minimum atomic E-state index is -0.439. The normalized spacial score (nSPS) is 11.0. The molecule has 0 aliphatic carbocycles. The largest absolute Gasteiger partial charge is 0.497 e. The van der Waals surface area contributed by atoms with Gasteiger partial charge in [-0.3, -0.25) is 14.6 Å². The number of aromatic nitrogens is 1. The van der Waals surface area contributed by atoms with Crippen LogP contribution in [0.15, 0.2) is 70.3 Å². The molecule has 8 nitrogen and oxygen atoms in total. The number of rotatable bonds is 6. The number of nitrogens with two attached hydrogens (primary N) is 1. The van der Waals surface area contributed by atoms with E-state index in [1.165, 1.54) is 7.11 Å². The molecule has 31 heavy (non-hydrogen) atoms. The van der Waals surface area contributed by atoms with Gasteiger partial charge in [0.2, 0.25) is 0 Å². The third-order valence-corrected chi connectivity index (χ3v) is 4.84. The number of amidine groups is 1. The quantitative estimate of drug-likeness (QED) is 0.366. The van der Waals surface area contributed by atoms with Gasteiger partial charge in [0.15, 0.2) is 0 Å². The summed E-state index contributed by atoms with van der Waals surface area (Å²) < 4.78 is 6.01. The summed E-state index contributed by atoms with van der Waals surface area (Å²) in [4.78, 5) is 33.7. The molecule has 4 N–H and O–H groups in total. The summed E-state index contributed by atoms with van der Waals surface area (Å²) in [6.45, 7) is 0. The van der Waals surface area contributed by atoms with Crippen LogP contribution >= 0.6 is 15.9 Å². The number of methoxy groups -OCH3 is 1. The Bertz CT molecular complexity index is 1130. The highest BCUT2D eigenvalue weighted by Gasteiger charge is 2.17. The van der Waals surface area contributed by atoms with Gasteiger partial charge in [0, 0.05) is 28.8 Å². The van der Waals surface area contributed by atoms with Crippen molar-refractivity contribution in [1.29, 1.82) is 0 Å². The zero-order chi connectivity index (χ0) is 22.4. The van der Waals surface area contributed by atoms with Gasteiger partial charge in [0.05, 0.1) is 18.4 Å². The minimum absolute atomic E-state index is 0.233. The van der Waals surface area contributed by atoms with Gasteiger partial charge in [-0.15, -0.1) is 0 Å². The van der Waals surface area contributed by atoms with E-state index < -0.39 is 5.91 Å². The number of ether oxygens (including phenoxy) is 1. The van der Waals surface area contributed by atoms with Crippen LogP contribution in [-0.4, -0.2) is 36.8 Å². The Kier molecular flexibility index (Phi) is 6.99. The highest BCUT2D eigenvalue weighted by Crippen LogP contribution is 2.24. The first-order valence-corrected chi connectivity index (χ1v) is 9.95. The molecule has 1 heterocycles. The standard InChI is InChI=1S/C22H20BrN5O3/c1-25-20(24)13-3-5-14(6-4-13)21(29)27-18-9-8-16(31-2)11-17(18)22(30)28-19-10-7-15(23)12-26-19/h3-12H,1-2H3,(H2,24,25)(H,27,29)(H,26,28,30). The highest BCUT2D eigenvalue weighted by molar-refractivity contribution is 9.10. The number of halogens is 1. The van der Waals surface area contributed by atoms with Crippen LogP contribution in [0.3, 0.4) is 0 Å². The van der Waals surface area contributed by atoms with Crippen molar-refractivity contribution in [2.75, 3.05) is 24.8 Å². The lowest BCUT2D eigenvalue weighted by molar-refractivity contribution is 0.102. The molecule has 1 aromatic heterocycles. The van der Waals surface area contributed by atoms with Gasteiger partial charge >= 0.3 is 0 Å². The number of carbonyl (C=O) groups excluding carboxylic acids is 2. The van der Waals surface area contributed by atoms with Crippen LogP contribution in [0.25, 0.3) is 0 Å². The number of anilines is 2. The first-order valence-electron chi connectivity index (χ1n) is 9.16. The number of amides is 2. The van der Waals surface area contributed by atoms with Crippen molar-refractivity contribution < 1.29 is 14.3 Å². The van der Waals surface area contributed by atoms with Crippen LogP contribution in [0.5, 0.6) is 5.75 Å². The summed E-state index contributed by atoms with van der Waals surface area (Å²) in [5.74, 6) is 0.415. The van der Waals surface area contributed by atoms with Crippen LogP contribution in [-0.2, 0) is 0 Å². The van der Waals surface area contributed by atoms with Crippen LogP contribution in [0.1, 0.15) is 26.3 Å². The van der Waals surface area contributed by atoms with Crippen molar-refractivity contribution in [1.82, 2.24) is 4.98 Å². The number of hydrogen-bond donors (Lipinski definition) is 3. The average molecular weight is 482 g/mol. The summed E-state index contributed by atoms with van der Waals surface area (Å²) in [6.07, 6.45) is 1.57. The molecule has 9 heteroatoms. The molecule has 0 fully saturated rings. The molecule has 0 spiro atoms. The van der Waals surface area contributed by atoms with E-state index in [-0.39, 0.29) is 11.5 Å². The Labute approximate surface area is 187 Å². The number of hydrogen-bond acceptors (Lipinski definition) is 5. The number of benzene rings is 2. The van der Waals surface area contributed by atoms with Crippen molar-refractivity contribution >= 4 is 45.1 Å². The maximum absolute atomic E-state index is 12.9. The molecule has 0 aliphatic heterocycles. The summed E-state index contributed by atoms with van der Waals surface area (Å²) in [6, 6.07) is 14.9. The molecule has 0 saturated heterocycles. The second kappa shape index (κ2) is 9.86. The topological polar surface area (TPSA) is 119 Å². The minimum Gasteiger partial charge on any atom is -0.497 e. The number of aliphatic imine (C=N–C) groups is 1. The van der Waals surface area contributed by atoms with Crippen molar-refractivity contribution in [3.8, 4) is 5.75 Å². The molecule has 2 amide bonds. The Morgan fingerprint density at radius 1 is 1.00 bits per heavy atom. The van der Waals surface area contributed by atoms with Gasteiger partial charge in [-0.25, -0.2) is 4.98 Å². The van der Waals surface area contributed by atoms with Gasteiger partial charge < -0.3 is 21.1 Å². The first-order chi connectivity index (χ1) is 14.9. The van der Waals surface area contributed by atoms with Gasteiger partial charge in [0.1, 0.15) is 17.4 Å². The monoisotopic (exact) mass is 481 g/mol. The van der Waals surface area contributed by atoms with E-state index in [4.69, 9.17) is 10.5 Å². The van der Waals surface area contributed by atoms with Gasteiger partial charge in [0.25, 0.3) is 11.8 Å². The molecule has 0 atom stereocenters. The summed E-state index contributed by atoms with van der Waals surface area (Å²) in [7, 11) is 3.09. The average Bonchev–Trinajstić information content (AvgIpc) is 2.80. The second-order valence-electron chi connectivity index (χ2n) is 6.37. The molecular formula is C22H20BrN5O3. The molecule has 0 aliphatic rings. The predicted molar refractivity (Wildman–Crippen MR) is 124 cm³/mol. The SMILES string of the molecule is CN=C(N)c1ccc(C(=O)Nc2ccc(OC)cc2C(=O)Nc2ccc(Br)cn2)cc1. The maximum atomic E-state index is 12.9. The summed E-state index contributed by atoms with van der Waals surface area (Å²) in [5.41, 5.74) is 7.47. The van der Waals surface area contributed by atoms with E-state index in [0.717, 1.165) is 4.47 Å². The summed E-state index contributed by atoms with van der Waals surface area (Å²) >= 11 is 3.30. The molecular weight excluding hydrogens is 462 g/mol. The lowest BCUT2D eigenvalue weighted by atomic mass is 10.1. The zero-order valence-electron chi connectivity index (χ0n) is 16.8. The van der Waals surface area contributed by atoms with E-state index in [1.54, 1.807) is 67.8 Å². The van der Waals surface area contributed by atoms with Crippen LogP contribution in [0, 0.1) is 0 Å². The number of nitrogens with one attached hydrogen (secondary N) is 2. The molecule has 158 valence electrons. The van der Waals surface area contributed by atoms with Gasteiger partial charge in [-0.05, 0) is 58.4 Å². The van der Waals surface area contributed by atoms with Gasteiger partial charge in [-0.2, -0.15) is 0 Å². The Hall–Kier alpha value is -3.72. The van der Waals surface area contributed by atoms with E-state index in [0.29, 0.717) is 34.2 Å². The number of carbonyl (C=O) groups is 2.